The first-order valence-electron chi connectivity index (χ1n) is 5.74. The van der Waals surface area contributed by atoms with E-state index in [2.05, 4.69) is 20.0 Å². The summed E-state index contributed by atoms with van der Waals surface area (Å²) in [6.07, 6.45) is 12.6. The molecule has 0 amide bonds. The van der Waals surface area contributed by atoms with Crippen molar-refractivity contribution in [3.8, 4) is 0 Å². The number of nitrogens with zero attached hydrogens (tertiary/aromatic N) is 5. The maximum absolute atomic E-state index is 8.68. The van der Waals surface area contributed by atoms with Crippen LogP contribution in [0.2, 0.25) is 0 Å². The lowest BCUT2D eigenvalue weighted by Gasteiger charge is -2.02. The van der Waals surface area contributed by atoms with Crippen LogP contribution in [0.4, 0.5) is 5.69 Å². The second-order valence-corrected chi connectivity index (χ2v) is 3.94. The summed E-state index contributed by atoms with van der Waals surface area (Å²) in [5, 5.41) is 5.42. The van der Waals surface area contributed by atoms with E-state index in [1.807, 2.05) is 36.4 Å². The summed E-state index contributed by atoms with van der Waals surface area (Å²) >= 11 is 0. The van der Waals surface area contributed by atoms with Crippen LogP contribution in [0.1, 0.15) is 5.56 Å². The number of fused-ring (bicyclic) bond motifs is 3. The third-order valence-electron chi connectivity index (χ3n) is 2.84. The van der Waals surface area contributed by atoms with E-state index in [4.69, 9.17) is 5.53 Å². The standard InChI is InChI=1S/C14H9N5/c15-19-18-13-4-2-1-3-8-17-14-10(13)5-6-12-11(14)7-9-16-12/h1-9H/b2-1?,3-1-,4-2-,8-3?,13-4?,13-10?,17-8?,17-14?. The number of hydrogen-bond donors (Lipinski definition) is 0. The lowest BCUT2D eigenvalue weighted by atomic mass is 10.1. The highest BCUT2D eigenvalue weighted by Crippen LogP contribution is 2.17. The Kier molecular flexibility index (Phi) is 2.80. The normalized spacial score (nSPS) is 18.2. The van der Waals surface area contributed by atoms with E-state index in [0.29, 0.717) is 5.70 Å². The van der Waals surface area contributed by atoms with Crippen LogP contribution >= 0.6 is 0 Å². The van der Waals surface area contributed by atoms with Crippen LogP contribution in [0.3, 0.4) is 0 Å². The summed E-state index contributed by atoms with van der Waals surface area (Å²) in [6, 6.07) is 3.78. The van der Waals surface area contributed by atoms with Crippen molar-refractivity contribution in [1.82, 2.24) is 0 Å². The van der Waals surface area contributed by atoms with Gasteiger partial charge in [-0.2, -0.15) is 0 Å². The first-order chi connectivity index (χ1) is 9.40. The maximum Gasteiger partial charge on any atom is 0.0801 e. The van der Waals surface area contributed by atoms with E-state index < -0.39 is 0 Å². The Morgan fingerprint density at radius 2 is 2.05 bits per heavy atom. The zero-order valence-electron chi connectivity index (χ0n) is 9.93. The van der Waals surface area contributed by atoms with Crippen LogP contribution in [0.5, 0.6) is 0 Å². The highest BCUT2D eigenvalue weighted by molar-refractivity contribution is 5.80. The number of aliphatic imine (C=N–C) groups is 1. The van der Waals surface area contributed by atoms with Crippen molar-refractivity contribution in [3.63, 3.8) is 0 Å². The fraction of sp³-hybridized carbons (Fsp3) is 0. The van der Waals surface area contributed by atoms with Crippen molar-refractivity contribution >= 4 is 23.7 Å². The van der Waals surface area contributed by atoms with Gasteiger partial charge in [0.15, 0.2) is 0 Å². The quantitative estimate of drug-likeness (QED) is 0.415. The molecule has 0 bridgehead atoms. The van der Waals surface area contributed by atoms with Gasteiger partial charge >= 0.3 is 0 Å². The van der Waals surface area contributed by atoms with Gasteiger partial charge in [0.05, 0.1) is 11.0 Å². The molecular weight excluding hydrogens is 238 g/mol. The molecule has 19 heavy (non-hydrogen) atoms. The average Bonchev–Trinajstić information content (AvgIpc) is 2.91. The molecule has 0 aromatic heterocycles. The molecule has 2 heterocycles. The Hall–Kier alpha value is -2.91. The lowest BCUT2D eigenvalue weighted by Crippen LogP contribution is -2.13. The molecule has 3 rings (SSSR count). The first-order valence-corrected chi connectivity index (χ1v) is 5.74. The van der Waals surface area contributed by atoms with Gasteiger partial charge in [-0.25, -0.2) is 0 Å². The fourth-order valence-electron chi connectivity index (χ4n) is 2.02. The summed E-state index contributed by atoms with van der Waals surface area (Å²) in [6.45, 7) is 0. The fourth-order valence-corrected chi connectivity index (χ4v) is 2.02. The van der Waals surface area contributed by atoms with Gasteiger partial charge in [-0.05, 0) is 23.7 Å². The SMILES string of the molecule is [N-]=[N+]=NC1=c2ccc3c(c2N=C/C=C\C=C/1)C=CN=3. The Bertz CT molecular complexity index is 818. The van der Waals surface area contributed by atoms with E-state index in [0.717, 1.165) is 21.8 Å². The minimum Gasteiger partial charge on any atom is -0.256 e. The summed E-state index contributed by atoms with van der Waals surface area (Å²) in [7, 11) is 0. The van der Waals surface area contributed by atoms with Crippen LogP contribution in [0.15, 0.2) is 57.7 Å². The van der Waals surface area contributed by atoms with Gasteiger partial charge in [0.2, 0.25) is 0 Å². The van der Waals surface area contributed by atoms with Gasteiger partial charge in [-0.15, -0.1) is 0 Å². The molecule has 5 nitrogen and oxygen atoms in total. The predicted octanol–water partition coefficient (Wildman–Crippen LogP) is 2.54. The van der Waals surface area contributed by atoms with Gasteiger partial charge < -0.3 is 0 Å². The second-order valence-electron chi connectivity index (χ2n) is 3.94. The summed E-state index contributed by atoms with van der Waals surface area (Å²) < 4.78 is 0. The molecule has 2 aliphatic heterocycles. The maximum atomic E-state index is 8.68. The molecular formula is C14H9N5. The molecule has 1 aromatic carbocycles. The molecule has 0 radical (unpaired) electrons. The second kappa shape index (κ2) is 4.76. The van der Waals surface area contributed by atoms with Crippen molar-refractivity contribution in [2.24, 2.45) is 15.1 Å². The summed E-state index contributed by atoms with van der Waals surface area (Å²) in [5.41, 5.74) is 10.9. The van der Waals surface area contributed by atoms with Gasteiger partial charge in [0.25, 0.3) is 0 Å². The van der Waals surface area contributed by atoms with Gasteiger partial charge in [-0.3, -0.25) is 9.98 Å². The smallest absolute Gasteiger partial charge is 0.0801 e. The highest BCUT2D eigenvalue weighted by atomic mass is 15.1. The molecule has 0 saturated carbocycles. The average molecular weight is 247 g/mol. The highest BCUT2D eigenvalue weighted by Gasteiger charge is 2.08. The van der Waals surface area contributed by atoms with Crippen molar-refractivity contribution in [2.75, 3.05) is 0 Å². The van der Waals surface area contributed by atoms with Gasteiger partial charge in [0, 0.05) is 33.8 Å². The number of hydrogen-bond acceptors (Lipinski definition) is 3. The van der Waals surface area contributed by atoms with Crippen LogP contribution in [0, 0.1) is 0 Å². The molecule has 1 aromatic rings. The molecule has 0 N–H and O–H groups in total. The van der Waals surface area contributed by atoms with Crippen LogP contribution in [0.25, 0.3) is 22.2 Å². The monoisotopic (exact) mass is 247 g/mol. The minimum absolute atomic E-state index is 0.546. The van der Waals surface area contributed by atoms with Crippen LogP contribution in [-0.2, 0) is 0 Å². The summed E-state index contributed by atoms with van der Waals surface area (Å²) in [5.74, 6) is 0. The van der Waals surface area contributed by atoms with Crippen molar-refractivity contribution in [2.45, 2.75) is 0 Å². The molecule has 5 heteroatoms. The number of azide groups is 1. The van der Waals surface area contributed by atoms with Crippen molar-refractivity contribution < 1.29 is 0 Å². The van der Waals surface area contributed by atoms with Crippen molar-refractivity contribution in [3.05, 3.63) is 69.2 Å². The molecule has 0 aliphatic carbocycles. The van der Waals surface area contributed by atoms with Crippen molar-refractivity contribution in [1.29, 1.82) is 0 Å². The molecule has 90 valence electrons. The Labute approximate surface area is 109 Å². The van der Waals surface area contributed by atoms with Gasteiger partial charge in [0.1, 0.15) is 0 Å². The molecule has 0 fully saturated rings. The first kappa shape index (κ1) is 11.2. The number of rotatable bonds is 1. The lowest BCUT2D eigenvalue weighted by molar-refractivity contribution is 1.33. The van der Waals surface area contributed by atoms with E-state index >= 15 is 0 Å². The molecule has 2 aliphatic rings. The topological polar surface area (TPSA) is 73.5 Å². The number of benzene rings is 1. The minimum atomic E-state index is 0.546. The van der Waals surface area contributed by atoms with E-state index in [9.17, 15) is 0 Å². The van der Waals surface area contributed by atoms with Gasteiger partial charge in [-0.1, -0.05) is 29.4 Å². The Morgan fingerprint density at radius 1 is 1.11 bits per heavy atom. The van der Waals surface area contributed by atoms with Crippen LogP contribution in [-0.4, -0.2) is 6.21 Å². The number of allylic oxidation sites excluding steroid dienone is 3. The molecule has 0 atom stereocenters. The summed E-state index contributed by atoms with van der Waals surface area (Å²) in [4.78, 5) is 11.6. The molecule has 0 saturated heterocycles. The van der Waals surface area contributed by atoms with E-state index in [1.165, 1.54) is 0 Å². The van der Waals surface area contributed by atoms with E-state index in [1.54, 1.807) is 18.5 Å². The Balaban J connectivity index is 2.47. The Morgan fingerprint density at radius 3 is 2.95 bits per heavy atom. The predicted molar refractivity (Wildman–Crippen MR) is 75.2 cm³/mol. The third-order valence-corrected chi connectivity index (χ3v) is 2.84. The zero-order chi connectivity index (χ0) is 13.1. The van der Waals surface area contributed by atoms with Crippen LogP contribution < -0.4 is 10.6 Å². The van der Waals surface area contributed by atoms with E-state index in [-0.39, 0.29) is 0 Å². The molecule has 0 spiro atoms. The largest absolute Gasteiger partial charge is 0.256 e. The zero-order valence-corrected chi connectivity index (χ0v) is 9.93. The third kappa shape index (κ3) is 1.99. The molecule has 0 unspecified atom stereocenters.